The summed E-state index contributed by atoms with van der Waals surface area (Å²) < 4.78 is 8.42. The minimum Gasteiger partial charge on any atom is -0.403 e. The molecule has 0 saturated heterocycles. The Hall–Kier alpha value is -2.36. The molecule has 0 saturated carbocycles. The average Bonchev–Trinajstić information content (AvgIpc) is 2.73. The fourth-order valence-corrected chi connectivity index (χ4v) is 1.34. The largest absolute Gasteiger partial charge is 0.403 e. The van der Waals surface area contributed by atoms with Crippen molar-refractivity contribution in [2.45, 2.75) is 6.92 Å². The third kappa shape index (κ3) is 1.61. The van der Waals surface area contributed by atoms with Gasteiger partial charge in [0, 0.05) is 14.1 Å². The van der Waals surface area contributed by atoms with Gasteiger partial charge in [-0.25, -0.2) is 4.68 Å². The van der Waals surface area contributed by atoms with Crippen LogP contribution in [0.1, 0.15) is 11.3 Å². The summed E-state index contributed by atoms with van der Waals surface area (Å²) in [6.07, 6.45) is 1.52. The van der Waals surface area contributed by atoms with Crippen LogP contribution in [0, 0.1) is 18.3 Å². The Bertz CT molecular complexity index is 561. The number of nitrogens with zero attached hydrogens (tertiary/aromatic N) is 6. The molecule has 0 amide bonds. The van der Waals surface area contributed by atoms with Crippen LogP contribution in [0.3, 0.4) is 0 Å². The van der Waals surface area contributed by atoms with E-state index < -0.39 is 0 Å². The van der Waals surface area contributed by atoms with Crippen LogP contribution < -0.4 is 4.74 Å². The number of aryl methyl sites for hydroxylation is 3. The molecule has 0 atom stereocenters. The zero-order valence-corrected chi connectivity index (χ0v) is 9.17. The van der Waals surface area contributed by atoms with Crippen LogP contribution in [0.15, 0.2) is 6.33 Å². The fraction of sp³-hybridized carbons (Fsp3) is 0.333. The fourth-order valence-electron chi connectivity index (χ4n) is 1.34. The Kier molecular flexibility index (Phi) is 2.32. The number of hydrogen-bond acceptors (Lipinski definition) is 5. The average molecular weight is 218 g/mol. The molecule has 0 spiro atoms. The highest BCUT2D eigenvalue weighted by atomic mass is 16.5. The molecule has 2 aromatic heterocycles. The highest BCUT2D eigenvalue weighted by Crippen LogP contribution is 2.23. The van der Waals surface area contributed by atoms with Crippen LogP contribution in [0.5, 0.6) is 11.9 Å². The molecule has 16 heavy (non-hydrogen) atoms. The molecule has 2 rings (SSSR count). The Labute approximate surface area is 91.9 Å². The maximum Gasteiger partial charge on any atom is 0.342 e. The minimum atomic E-state index is 0.196. The van der Waals surface area contributed by atoms with Crippen molar-refractivity contribution in [3.8, 4) is 18.0 Å². The van der Waals surface area contributed by atoms with E-state index in [0.29, 0.717) is 17.1 Å². The van der Waals surface area contributed by atoms with Crippen LogP contribution >= 0.6 is 0 Å². The van der Waals surface area contributed by atoms with E-state index in [0.717, 1.165) is 0 Å². The minimum absolute atomic E-state index is 0.196. The molecule has 2 heterocycles. The lowest BCUT2D eigenvalue weighted by Gasteiger charge is -2.00. The van der Waals surface area contributed by atoms with Gasteiger partial charge in [0.2, 0.25) is 5.88 Å². The van der Waals surface area contributed by atoms with Crippen LogP contribution in [0.4, 0.5) is 0 Å². The van der Waals surface area contributed by atoms with E-state index in [-0.39, 0.29) is 6.01 Å². The van der Waals surface area contributed by atoms with Crippen LogP contribution in [-0.2, 0) is 14.1 Å². The van der Waals surface area contributed by atoms with Crippen molar-refractivity contribution in [1.29, 1.82) is 5.26 Å². The lowest BCUT2D eigenvalue weighted by molar-refractivity contribution is 0.396. The summed E-state index contributed by atoms with van der Waals surface area (Å²) in [5, 5.41) is 17.0. The van der Waals surface area contributed by atoms with Gasteiger partial charge in [-0.15, -0.1) is 5.10 Å². The normalized spacial score (nSPS) is 10.1. The van der Waals surface area contributed by atoms with Crippen LogP contribution in [0.2, 0.25) is 0 Å². The van der Waals surface area contributed by atoms with E-state index in [4.69, 9.17) is 10.00 Å². The lowest BCUT2D eigenvalue weighted by atomic mass is 10.3. The van der Waals surface area contributed by atoms with Gasteiger partial charge in [0.25, 0.3) is 0 Å². The van der Waals surface area contributed by atoms with Crippen molar-refractivity contribution >= 4 is 0 Å². The van der Waals surface area contributed by atoms with Gasteiger partial charge in [-0.1, -0.05) is 0 Å². The van der Waals surface area contributed by atoms with Gasteiger partial charge in [-0.05, 0) is 6.92 Å². The zero-order valence-electron chi connectivity index (χ0n) is 9.17. The Morgan fingerprint density at radius 1 is 1.38 bits per heavy atom. The van der Waals surface area contributed by atoms with Crippen molar-refractivity contribution in [3.63, 3.8) is 0 Å². The molecular weight excluding hydrogens is 208 g/mol. The van der Waals surface area contributed by atoms with Crippen molar-refractivity contribution in [2.24, 2.45) is 14.1 Å². The quantitative estimate of drug-likeness (QED) is 0.734. The standard InChI is InChI=1S/C9H10N6O/c1-6-7(4-10)8(15(3)12-6)16-9-11-5-14(2)13-9/h5H,1-3H3. The number of ether oxygens (including phenoxy) is 1. The van der Waals surface area contributed by atoms with E-state index >= 15 is 0 Å². The van der Waals surface area contributed by atoms with E-state index in [1.54, 1.807) is 21.0 Å². The molecule has 0 radical (unpaired) electrons. The smallest absolute Gasteiger partial charge is 0.342 e. The summed E-state index contributed by atoms with van der Waals surface area (Å²) >= 11 is 0. The maximum absolute atomic E-state index is 8.97. The van der Waals surface area contributed by atoms with Gasteiger partial charge in [-0.2, -0.15) is 15.3 Å². The van der Waals surface area contributed by atoms with Gasteiger partial charge in [0.05, 0.1) is 5.69 Å². The van der Waals surface area contributed by atoms with E-state index in [2.05, 4.69) is 15.2 Å². The zero-order chi connectivity index (χ0) is 11.7. The first kappa shape index (κ1) is 10.2. The second kappa shape index (κ2) is 3.66. The molecule has 82 valence electrons. The van der Waals surface area contributed by atoms with Gasteiger partial charge >= 0.3 is 6.01 Å². The maximum atomic E-state index is 8.97. The number of rotatable bonds is 2. The molecule has 0 bridgehead atoms. The molecule has 0 fully saturated rings. The monoisotopic (exact) mass is 218 g/mol. The molecule has 2 aromatic rings. The molecule has 0 N–H and O–H groups in total. The topological polar surface area (TPSA) is 81.5 Å². The molecule has 0 aliphatic carbocycles. The summed E-state index contributed by atoms with van der Waals surface area (Å²) in [5.41, 5.74) is 1.02. The second-order valence-corrected chi connectivity index (χ2v) is 3.30. The second-order valence-electron chi connectivity index (χ2n) is 3.30. The number of hydrogen-bond donors (Lipinski definition) is 0. The predicted octanol–water partition coefficient (Wildman–Crippen LogP) is 0.521. The van der Waals surface area contributed by atoms with Crippen LogP contribution in [0.25, 0.3) is 0 Å². The highest BCUT2D eigenvalue weighted by Gasteiger charge is 2.16. The molecule has 0 aromatic carbocycles. The SMILES string of the molecule is Cc1nn(C)c(Oc2ncn(C)n2)c1C#N. The molecular formula is C9H10N6O. The Morgan fingerprint density at radius 2 is 2.12 bits per heavy atom. The first-order chi connectivity index (χ1) is 7.61. The summed E-state index contributed by atoms with van der Waals surface area (Å²) in [4.78, 5) is 3.92. The van der Waals surface area contributed by atoms with Gasteiger partial charge in [0.15, 0.2) is 0 Å². The molecule has 0 aliphatic heterocycles. The Balaban J connectivity index is 2.38. The van der Waals surface area contributed by atoms with Gasteiger partial charge in [0.1, 0.15) is 18.0 Å². The first-order valence-electron chi connectivity index (χ1n) is 4.59. The summed E-state index contributed by atoms with van der Waals surface area (Å²) in [6, 6.07) is 2.24. The molecule has 7 nitrogen and oxygen atoms in total. The van der Waals surface area contributed by atoms with Gasteiger partial charge in [-0.3, -0.25) is 4.68 Å². The van der Waals surface area contributed by atoms with Crippen molar-refractivity contribution < 1.29 is 4.74 Å². The summed E-state index contributed by atoms with van der Waals surface area (Å²) in [5.74, 6) is 0.353. The van der Waals surface area contributed by atoms with Crippen molar-refractivity contribution in [3.05, 3.63) is 17.6 Å². The van der Waals surface area contributed by atoms with E-state index in [1.165, 1.54) is 15.7 Å². The third-order valence-corrected chi connectivity index (χ3v) is 2.05. The van der Waals surface area contributed by atoms with Crippen LogP contribution in [-0.4, -0.2) is 24.5 Å². The summed E-state index contributed by atoms with van der Waals surface area (Å²) in [7, 11) is 3.44. The predicted molar refractivity (Wildman–Crippen MR) is 53.7 cm³/mol. The molecule has 0 aliphatic rings. The van der Waals surface area contributed by atoms with Crippen molar-refractivity contribution in [1.82, 2.24) is 24.5 Å². The van der Waals surface area contributed by atoms with Crippen molar-refractivity contribution in [2.75, 3.05) is 0 Å². The lowest BCUT2D eigenvalue weighted by Crippen LogP contribution is -1.97. The summed E-state index contributed by atoms with van der Waals surface area (Å²) in [6.45, 7) is 1.75. The van der Waals surface area contributed by atoms with E-state index in [9.17, 15) is 0 Å². The van der Waals surface area contributed by atoms with E-state index in [1.807, 2.05) is 6.07 Å². The Morgan fingerprint density at radius 3 is 2.69 bits per heavy atom. The number of aromatic nitrogens is 5. The molecule has 0 unspecified atom stereocenters. The molecule has 7 heteroatoms. The highest BCUT2D eigenvalue weighted by molar-refractivity contribution is 5.42. The van der Waals surface area contributed by atoms with Gasteiger partial charge < -0.3 is 4.74 Å². The third-order valence-electron chi connectivity index (χ3n) is 2.05. The first-order valence-corrected chi connectivity index (χ1v) is 4.59. The number of nitriles is 1.